The molecule has 1 aromatic carbocycles. The van der Waals surface area contributed by atoms with Crippen LogP contribution in [0.15, 0.2) is 59.2 Å². The van der Waals surface area contributed by atoms with E-state index in [2.05, 4.69) is 20.9 Å². The Morgan fingerprint density at radius 2 is 2.12 bits per heavy atom. The van der Waals surface area contributed by atoms with Gasteiger partial charge in [-0.25, -0.2) is 5.84 Å². The number of hydrazine groups is 1. The van der Waals surface area contributed by atoms with Gasteiger partial charge in [-0.15, -0.1) is 0 Å². The second-order valence-electron chi connectivity index (χ2n) is 5.61. The Bertz CT molecular complexity index is 837. The number of hydrogen-bond donors (Lipinski definition) is 2. The molecule has 1 aliphatic rings. The molecular weight excluding hydrogens is 384 g/mol. The van der Waals surface area contributed by atoms with Crippen LogP contribution in [0.3, 0.4) is 0 Å². The van der Waals surface area contributed by atoms with Crippen molar-refractivity contribution in [2.45, 2.75) is 12.5 Å². The molecule has 2 aromatic rings. The average molecular weight is 401 g/mol. The molecule has 2 amide bonds. The van der Waals surface area contributed by atoms with E-state index in [1.54, 1.807) is 17.2 Å². The third kappa shape index (κ3) is 3.62. The lowest BCUT2D eigenvalue weighted by Crippen LogP contribution is -2.31. The minimum atomic E-state index is -0.409. The lowest BCUT2D eigenvalue weighted by Gasteiger charge is -2.24. The number of aromatic nitrogens is 1. The van der Waals surface area contributed by atoms with Gasteiger partial charge in [0, 0.05) is 35.3 Å². The van der Waals surface area contributed by atoms with E-state index in [0.717, 1.165) is 15.7 Å². The van der Waals surface area contributed by atoms with Crippen LogP contribution in [0, 0.1) is 0 Å². The van der Waals surface area contributed by atoms with Crippen LogP contribution in [0.4, 0.5) is 0 Å². The third-order valence-corrected chi connectivity index (χ3v) is 4.84. The molecule has 1 atom stereocenters. The normalized spacial score (nSPS) is 16.3. The molecule has 0 radical (unpaired) electrons. The molecule has 0 saturated carbocycles. The number of amides is 2. The van der Waals surface area contributed by atoms with Crippen molar-refractivity contribution < 1.29 is 9.59 Å². The Morgan fingerprint density at radius 1 is 1.32 bits per heavy atom. The summed E-state index contributed by atoms with van der Waals surface area (Å²) in [6.07, 6.45) is 5.27. The summed E-state index contributed by atoms with van der Waals surface area (Å²) >= 11 is 3.51. The fraction of sp³-hybridized carbons (Fsp3) is 0.167. The first-order valence-corrected chi connectivity index (χ1v) is 8.57. The van der Waals surface area contributed by atoms with Gasteiger partial charge in [-0.05, 0) is 39.7 Å². The summed E-state index contributed by atoms with van der Waals surface area (Å²) < 4.78 is 0.907. The Hall–Kier alpha value is -2.51. The Kier molecular flexibility index (Phi) is 5.25. The fourth-order valence-electron chi connectivity index (χ4n) is 2.95. The smallest absolute Gasteiger partial charge is 0.257 e. The predicted molar refractivity (Wildman–Crippen MR) is 97.3 cm³/mol. The van der Waals surface area contributed by atoms with Crippen LogP contribution in [0.1, 0.15) is 27.7 Å². The third-order valence-electron chi connectivity index (χ3n) is 4.12. The summed E-state index contributed by atoms with van der Waals surface area (Å²) in [4.78, 5) is 30.2. The number of fused-ring (bicyclic) bond motifs is 1. The number of nitrogens with two attached hydrogens (primary N) is 1. The van der Waals surface area contributed by atoms with Crippen LogP contribution in [-0.4, -0.2) is 28.2 Å². The Balaban J connectivity index is 1.90. The van der Waals surface area contributed by atoms with Crippen molar-refractivity contribution in [3.8, 4) is 0 Å². The molecule has 7 heteroatoms. The van der Waals surface area contributed by atoms with Crippen LogP contribution < -0.4 is 11.3 Å². The average Bonchev–Trinajstić information content (AvgIpc) is 2.89. The molecule has 0 fully saturated rings. The fourth-order valence-corrected chi connectivity index (χ4v) is 3.37. The zero-order valence-electron chi connectivity index (χ0n) is 13.4. The zero-order chi connectivity index (χ0) is 17.8. The number of nitrogens with one attached hydrogen (secondary N) is 1. The summed E-state index contributed by atoms with van der Waals surface area (Å²) in [6.45, 7) is 0.316. The van der Waals surface area contributed by atoms with Crippen molar-refractivity contribution in [2.24, 2.45) is 5.84 Å². The molecule has 25 heavy (non-hydrogen) atoms. The largest absolute Gasteiger partial charge is 0.327 e. The number of halogens is 1. The summed E-state index contributed by atoms with van der Waals surface area (Å²) in [6, 6.07) is 11.2. The molecule has 0 spiro atoms. The van der Waals surface area contributed by atoms with Gasteiger partial charge >= 0.3 is 0 Å². The monoisotopic (exact) mass is 400 g/mol. The summed E-state index contributed by atoms with van der Waals surface area (Å²) in [5.41, 5.74) is 4.58. The molecule has 0 aliphatic carbocycles. The standard InChI is InChI=1S/C18H17BrN4O2/c19-14-7-3-9-21-15(14)11-16-12-5-1-2-6-13(12)18(25)23(16)10-4-8-17(24)22-20/h1-9,16H,10-11,20H2,(H,22,24)/b8-4+. The Morgan fingerprint density at radius 3 is 2.88 bits per heavy atom. The summed E-state index contributed by atoms with van der Waals surface area (Å²) in [5, 5.41) is 0. The molecule has 0 bridgehead atoms. The van der Waals surface area contributed by atoms with Crippen molar-refractivity contribution in [3.63, 3.8) is 0 Å². The van der Waals surface area contributed by atoms with Gasteiger partial charge in [-0.2, -0.15) is 0 Å². The van der Waals surface area contributed by atoms with Crippen LogP contribution >= 0.6 is 15.9 Å². The maximum Gasteiger partial charge on any atom is 0.257 e. The SMILES string of the molecule is NNC(=O)/C=C/CN1C(=O)c2ccccc2C1Cc1ncccc1Br. The molecule has 6 nitrogen and oxygen atoms in total. The van der Waals surface area contributed by atoms with Gasteiger partial charge in [0.2, 0.25) is 0 Å². The molecule has 3 N–H and O–H groups in total. The minimum absolute atomic E-state index is 0.0505. The lowest BCUT2D eigenvalue weighted by atomic mass is 10.0. The molecular formula is C18H17BrN4O2. The van der Waals surface area contributed by atoms with Gasteiger partial charge in [0.05, 0.1) is 11.7 Å². The van der Waals surface area contributed by atoms with Crippen molar-refractivity contribution in [3.05, 3.63) is 76.0 Å². The molecule has 2 heterocycles. The van der Waals surface area contributed by atoms with Gasteiger partial charge in [0.15, 0.2) is 0 Å². The molecule has 1 aromatic heterocycles. The minimum Gasteiger partial charge on any atom is -0.327 e. The number of rotatable bonds is 5. The maximum atomic E-state index is 12.8. The maximum absolute atomic E-state index is 12.8. The quantitative estimate of drug-likeness (QED) is 0.348. The van der Waals surface area contributed by atoms with Gasteiger partial charge in [0.25, 0.3) is 11.8 Å². The molecule has 0 saturated heterocycles. The zero-order valence-corrected chi connectivity index (χ0v) is 14.9. The van der Waals surface area contributed by atoms with Crippen LogP contribution in [-0.2, 0) is 11.2 Å². The highest BCUT2D eigenvalue weighted by atomic mass is 79.9. The predicted octanol–water partition coefficient (Wildman–Crippen LogP) is 2.13. The number of carbonyl (C=O) groups is 2. The van der Waals surface area contributed by atoms with Crippen molar-refractivity contribution >= 4 is 27.7 Å². The lowest BCUT2D eigenvalue weighted by molar-refractivity contribution is -0.116. The number of nitrogens with zero attached hydrogens (tertiary/aromatic N) is 2. The van der Waals surface area contributed by atoms with Crippen molar-refractivity contribution in [2.75, 3.05) is 6.54 Å². The Labute approximate surface area is 153 Å². The highest BCUT2D eigenvalue weighted by molar-refractivity contribution is 9.10. The van der Waals surface area contributed by atoms with Gasteiger partial charge in [-0.3, -0.25) is 20.0 Å². The van der Waals surface area contributed by atoms with Gasteiger partial charge in [0.1, 0.15) is 0 Å². The number of hydrogen-bond acceptors (Lipinski definition) is 4. The van der Waals surface area contributed by atoms with Crippen LogP contribution in [0.2, 0.25) is 0 Å². The number of benzene rings is 1. The van der Waals surface area contributed by atoms with E-state index in [1.165, 1.54) is 6.08 Å². The number of pyridine rings is 1. The van der Waals surface area contributed by atoms with E-state index >= 15 is 0 Å². The van der Waals surface area contributed by atoms with Crippen LogP contribution in [0.5, 0.6) is 0 Å². The van der Waals surface area contributed by atoms with Gasteiger partial charge in [-0.1, -0.05) is 24.3 Å². The van der Waals surface area contributed by atoms with E-state index < -0.39 is 5.91 Å². The van der Waals surface area contributed by atoms with Crippen molar-refractivity contribution in [1.29, 1.82) is 0 Å². The van der Waals surface area contributed by atoms with Gasteiger partial charge < -0.3 is 4.90 Å². The van der Waals surface area contributed by atoms with Crippen molar-refractivity contribution in [1.82, 2.24) is 15.3 Å². The first kappa shape index (κ1) is 17.3. The molecule has 3 rings (SSSR count). The van der Waals surface area contributed by atoms with E-state index in [-0.39, 0.29) is 11.9 Å². The first-order chi connectivity index (χ1) is 12.1. The first-order valence-electron chi connectivity index (χ1n) is 7.78. The van der Waals surface area contributed by atoms with E-state index in [0.29, 0.717) is 18.5 Å². The number of carbonyl (C=O) groups excluding carboxylic acids is 2. The summed E-state index contributed by atoms with van der Waals surface area (Å²) in [7, 11) is 0. The topological polar surface area (TPSA) is 88.3 Å². The second kappa shape index (κ2) is 7.58. The molecule has 1 aliphatic heterocycles. The second-order valence-corrected chi connectivity index (χ2v) is 6.46. The highest BCUT2D eigenvalue weighted by Gasteiger charge is 2.36. The van der Waals surface area contributed by atoms with E-state index in [9.17, 15) is 9.59 Å². The van der Waals surface area contributed by atoms with E-state index in [4.69, 9.17) is 5.84 Å². The highest BCUT2D eigenvalue weighted by Crippen LogP contribution is 2.36. The summed E-state index contributed by atoms with van der Waals surface area (Å²) in [5.74, 6) is 4.60. The molecule has 128 valence electrons. The van der Waals surface area contributed by atoms with E-state index in [1.807, 2.05) is 41.8 Å². The van der Waals surface area contributed by atoms with Crippen LogP contribution in [0.25, 0.3) is 0 Å². The molecule has 1 unspecified atom stereocenters.